The van der Waals surface area contributed by atoms with Gasteiger partial charge in [-0.2, -0.15) is 0 Å². The van der Waals surface area contributed by atoms with Gasteiger partial charge in [-0.3, -0.25) is 0 Å². The molecule has 2 N–H and O–H groups in total. The molecule has 1 aliphatic rings. The van der Waals surface area contributed by atoms with Gasteiger partial charge in [-0.25, -0.2) is 4.79 Å². The summed E-state index contributed by atoms with van der Waals surface area (Å²) in [6.07, 6.45) is -0.0905. The molecule has 3 aromatic rings. The van der Waals surface area contributed by atoms with Gasteiger partial charge in [0.25, 0.3) is 0 Å². The molecule has 0 saturated carbocycles. The smallest absolute Gasteiger partial charge is 0.407 e. The van der Waals surface area contributed by atoms with Crippen LogP contribution >= 0.6 is 0 Å². The lowest BCUT2D eigenvalue weighted by Crippen LogP contribution is -2.31. The van der Waals surface area contributed by atoms with Crippen LogP contribution in [0.2, 0.25) is 0 Å². The summed E-state index contributed by atoms with van der Waals surface area (Å²) in [5.41, 5.74) is 5.63. The number of fused-ring (bicyclic) bond motifs is 3. The number of benzene rings is 3. The fourth-order valence-electron chi connectivity index (χ4n) is 4.20. The van der Waals surface area contributed by atoms with Crippen LogP contribution in [-0.2, 0) is 4.74 Å². The van der Waals surface area contributed by atoms with Gasteiger partial charge >= 0.3 is 6.09 Å². The van der Waals surface area contributed by atoms with Crippen LogP contribution in [0.5, 0.6) is 5.75 Å². The number of alkyl carbamates (subject to hydrolysis) is 1. The van der Waals surface area contributed by atoms with Crippen molar-refractivity contribution in [2.45, 2.75) is 25.3 Å². The number of carbonyl (C=O) groups is 1. The molecule has 0 unspecified atom stereocenters. The lowest BCUT2D eigenvalue weighted by molar-refractivity contribution is 0.136. The third-order valence-electron chi connectivity index (χ3n) is 5.65. The average Bonchev–Trinajstić information content (AvgIpc) is 3.12. The van der Waals surface area contributed by atoms with Crippen molar-refractivity contribution in [1.29, 1.82) is 0 Å². The fourth-order valence-corrected chi connectivity index (χ4v) is 4.20. The summed E-state index contributed by atoms with van der Waals surface area (Å²) >= 11 is 0. The third-order valence-corrected chi connectivity index (χ3v) is 5.65. The first-order valence-electron chi connectivity index (χ1n) is 10.7. The van der Waals surface area contributed by atoms with Crippen molar-refractivity contribution in [2.24, 2.45) is 0 Å². The molecule has 1 aliphatic carbocycles. The van der Waals surface area contributed by atoms with E-state index in [1.165, 1.54) is 22.3 Å². The summed E-state index contributed by atoms with van der Waals surface area (Å²) in [4.78, 5) is 12.6. The largest absolute Gasteiger partial charge is 0.494 e. The molecule has 0 radical (unpaired) electrons. The molecule has 0 bridgehead atoms. The Bertz CT molecular complexity index is 986. The summed E-state index contributed by atoms with van der Waals surface area (Å²) in [6.45, 7) is 2.75. The Morgan fingerprint density at radius 2 is 1.58 bits per heavy atom. The van der Waals surface area contributed by atoms with E-state index in [4.69, 9.17) is 9.47 Å². The molecule has 0 aromatic heterocycles. The van der Waals surface area contributed by atoms with Crippen LogP contribution in [-0.4, -0.2) is 31.0 Å². The van der Waals surface area contributed by atoms with E-state index in [1.54, 1.807) is 0 Å². The van der Waals surface area contributed by atoms with E-state index in [2.05, 4.69) is 29.6 Å². The topological polar surface area (TPSA) is 67.8 Å². The second-order valence-corrected chi connectivity index (χ2v) is 7.54. The lowest BCUT2D eigenvalue weighted by atomic mass is 9.98. The fraction of sp³-hybridized carbons (Fsp3) is 0.269. The number of hydrogen-bond donors (Lipinski definition) is 2. The maximum atomic E-state index is 12.6. The summed E-state index contributed by atoms with van der Waals surface area (Å²) in [5, 5.41) is 12.3. The minimum absolute atomic E-state index is 0.0138. The summed E-state index contributed by atoms with van der Waals surface area (Å²) in [5.74, 6) is 0.787. The van der Waals surface area contributed by atoms with Crippen LogP contribution < -0.4 is 10.1 Å². The van der Waals surface area contributed by atoms with Gasteiger partial charge in [0.15, 0.2) is 0 Å². The van der Waals surface area contributed by atoms with Gasteiger partial charge in [-0.15, -0.1) is 0 Å². The Morgan fingerprint density at radius 3 is 2.16 bits per heavy atom. The van der Waals surface area contributed by atoms with Gasteiger partial charge < -0.3 is 19.9 Å². The van der Waals surface area contributed by atoms with E-state index in [0.29, 0.717) is 13.0 Å². The molecule has 3 aromatic carbocycles. The minimum Gasteiger partial charge on any atom is -0.494 e. The molecule has 0 aliphatic heterocycles. The number of aliphatic hydroxyl groups is 1. The van der Waals surface area contributed by atoms with Crippen molar-refractivity contribution in [3.63, 3.8) is 0 Å². The standard InChI is InChI=1S/C26H27NO4/c1-2-30-19-13-11-18(12-14-19)25(15-16-28)27-26(29)31-17-24-22-9-5-3-7-20(22)21-8-4-6-10-23(21)24/h3-14,24-25,28H,2,15-17H2,1H3,(H,27,29)/t25-/m0/s1. The van der Waals surface area contributed by atoms with Crippen LogP contribution in [0.1, 0.15) is 42.0 Å². The van der Waals surface area contributed by atoms with Crippen LogP contribution in [0.25, 0.3) is 11.1 Å². The van der Waals surface area contributed by atoms with Crippen LogP contribution in [0.15, 0.2) is 72.8 Å². The summed E-state index contributed by atoms with van der Waals surface area (Å²) in [6, 6.07) is 23.7. The number of ether oxygens (including phenoxy) is 2. The van der Waals surface area contributed by atoms with Gasteiger partial charge in [0.1, 0.15) is 12.4 Å². The van der Waals surface area contributed by atoms with Crippen molar-refractivity contribution in [2.75, 3.05) is 19.8 Å². The van der Waals surface area contributed by atoms with Gasteiger partial charge in [0.2, 0.25) is 0 Å². The second-order valence-electron chi connectivity index (χ2n) is 7.54. The van der Waals surface area contributed by atoms with Gasteiger partial charge in [0, 0.05) is 12.5 Å². The molecule has 0 heterocycles. The summed E-state index contributed by atoms with van der Waals surface area (Å²) < 4.78 is 11.1. The molecule has 0 saturated heterocycles. The van der Waals surface area contributed by atoms with Crippen molar-refractivity contribution < 1.29 is 19.4 Å². The second kappa shape index (κ2) is 9.67. The Morgan fingerprint density at radius 1 is 0.968 bits per heavy atom. The van der Waals surface area contributed by atoms with E-state index < -0.39 is 6.09 Å². The molecule has 4 rings (SSSR count). The van der Waals surface area contributed by atoms with E-state index in [1.807, 2.05) is 55.5 Å². The van der Waals surface area contributed by atoms with Gasteiger partial charge in [0.05, 0.1) is 12.6 Å². The first-order chi connectivity index (χ1) is 15.2. The molecular weight excluding hydrogens is 390 g/mol. The van der Waals surface area contributed by atoms with Crippen molar-refractivity contribution >= 4 is 6.09 Å². The van der Waals surface area contributed by atoms with Gasteiger partial charge in [-0.05, 0) is 53.3 Å². The first-order valence-corrected chi connectivity index (χ1v) is 10.7. The quantitative estimate of drug-likeness (QED) is 0.538. The van der Waals surface area contributed by atoms with Gasteiger partial charge in [-0.1, -0.05) is 60.7 Å². The van der Waals surface area contributed by atoms with Crippen LogP contribution in [0.3, 0.4) is 0 Å². The van der Waals surface area contributed by atoms with E-state index in [9.17, 15) is 9.90 Å². The Balaban J connectivity index is 1.43. The zero-order valence-electron chi connectivity index (χ0n) is 17.6. The number of carbonyl (C=O) groups excluding carboxylic acids is 1. The number of rotatable bonds is 8. The highest BCUT2D eigenvalue weighted by Gasteiger charge is 2.29. The maximum absolute atomic E-state index is 12.6. The SMILES string of the molecule is CCOc1ccc([C@H](CCO)NC(=O)OCC2c3ccccc3-c3ccccc32)cc1. The lowest BCUT2D eigenvalue weighted by Gasteiger charge is -2.20. The number of amides is 1. The summed E-state index contributed by atoms with van der Waals surface area (Å²) in [7, 11) is 0. The highest BCUT2D eigenvalue weighted by molar-refractivity contribution is 5.79. The predicted molar refractivity (Wildman–Crippen MR) is 120 cm³/mol. The van der Waals surface area contributed by atoms with E-state index in [0.717, 1.165) is 11.3 Å². The molecule has 160 valence electrons. The number of hydrogen-bond acceptors (Lipinski definition) is 4. The monoisotopic (exact) mass is 417 g/mol. The molecule has 0 spiro atoms. The maximum Gasteiger partial charge on any atom is 0.407 e. The molecule has 5 heteroatoms. The molecule has 1 atom stereocenters. The predicted octanol–water partition coefficient (Wildman–Crippen LogP) is 5.05. The Labute approximate surface area is 182 Å². The zero-order valence-corrected chi connectivity index (χ0v) is 17.6. The first kappa shape index (κ1) is 20.9. The van der Waals surface area contributed by atoms with E-state index >= 15 is 0 Å². The van der Waals surface area contributed by atoms with Crippen molar-refractivity contribution in [3.05, 3.63) is 89.5 Å². The minimum atomic E-state index is -0.491. The molecule has 31 heavy (non-hydrogen) atoms. The molecule has 0 fully saturated rings. The Hall–Kier alpha value is -3.31. The number of nitrogens with one attached hydrogen (secondary N) is 1. The highest BCUT2D eigenvalue weighted by atomic mass is 16.5. The molecular formula is C26H27NO4. The average molecular weight is 418 g/mol. The van der Waals surface area contributed by atoms with Crippen LogP contribution in [0, 0.1) is 0 Å². The molecule has 1 amide bonds. The normalized spacial score (nSPS) is 13.2. The number of aliphatic hydroxyl groups excluding tert-OH is 1. The Kier molecular flexibility index (Phi) is 6.53. The third kappa shape index (κ3) is 4.57. The van der Waals surface area contributed by atoms with E-state index in [-0.39, 0.29) is 25.2 Å². The molecule has 5 nitrogen and oxygen atoms in total. The van der Waals surface area contributed by atoms with Crippen LogP contribution in [0.4, 0.5) is 4.79 Å². The van der Waals surface area contributed by atoms with Crippen molar-refractivity contribution in [3.8, 4) is 16.9 Å². The highest BCUT2D eigenvalue weighted by Crippen LogP contribution is 2.44. The van der Waals surface area contributed by atoms with Crippen molar-refractivity contribution in [1.82, 2.24) is 5.32 Å². The zero-order chi connectivity index (χ0) is 21.6.